The highest BCUT2D eigenvalue weighted by Crippen LogP contribution is 2.39. The lowest BCUT2D eigenvalue weighted by molar-refractivity contribution is -0.138. The van der Waals surface area contributed by atoms with Gasteiger partial charge in [0.25, 0.3) is 0 Å². The van der Waals surface area contributed by atoms with Crippen molar-refractivity contribution in [1.29, 1.82) is 0 Å². The predicted octanol–water partition coefficient (Wildman–Crippen LogP) is 4.69. The monoisotopic (exact) mass is 379 g/mol. The van der Waals surface area contributed by atoms with E-state index in [9.17, 15) is 9.18 Å². The molecule has 1 atom stereocenters. The number of likely N-dealkylation sites (tertiary alicyclic amines) is 1. The average Bonchev–Trinajstić information content (AvgIpc) is 2.84. The second-order valence-electron chi connectivity index (χ2n) is 7.92. The third-order valence-electron chi connectivity index (χ3n) is 6.14. The molecule has 1 aliphatic carbocycles. The number of benzene rings is 2. The normalized spacial score (nSPS) is 18.2. The Morgan fingerprint density at radius 1 is 1.04 bits per heavy atom. The zero-order valence-corrected chi connectivity index (χ0v) is 16.2. The lowest BCUT2D eigenvalue weighted by atomic mass is 9.86. The minimum absolute atomic E-state index is 0.0480. The number of aryl methyl sites for hydroxylation is 2. The van der Waals surface area contributed by atoms with Gasteiger partial charge in [0.05, 0.1) is 6.42 Å². The third-order valence-corrected chi connectivity index (χ3v) is 6.14. The Balaban J connectivity index is 1.72. The van der Waals surface area contributed by atoms with Gasteiger partial charge in [0.1, 0.15) is 5.82 Å². The van der Waals surface area contributed by atoms with Crippen LogP contribution in [-0.4, -0.2) is 35.1 Å². The van der Waals surface area contributed by atoms with E-state index < -0.39 is 5.97 Å². The topological polar surface area (TPSA) is 40.5 Å². The number of aliphatic carboxylic acids is 1. The molecule has 0 saturated carbocycles. The number of hydrogen-bond acceptors (Lipinski definition) is 2. The number of hydrogen-bond donors (Lipinski definition) is 1. The summed E-state index contributed by atoms with van der Waals surface area (Å²) in [5, 5.41) is 9.08. The molecule has 0 amide bonds. The van der Waals surface area contributed by atoms with Gasteiger partial charge in [0.2, 0.25) is 0 Å². The Hall–Kier alpha value is -2.46. The quantitative estimate of drug-likeness (QED) is 0.841. The molecule has 1 aliphatic heterocycles. The van der Waals surface area contributed by atoms with E-state index in [1.807, 2.05) is 13.0 Å². The first-order chi connectivity index (χ1) is 13.5. The molecule has 0 radical (unpaired) electrons. The molecule has 2 aliphatic rings. The number of carboxylic acids is 1. The van der Waals surface area contributed by atoms with E-state index >= 15 is 0 Å². The highest BCUT2D eigenvalue weighted by atomic mass is 19.1. The van der Waals surface area contributed by atoms with Gasteiger partial charge in [-0.1, -0.05) is 35.9 Å². The van der Waals surface area contributed by atoms with Crippen molar-refractivity contribution in [3.63, 3.8) is 0 Å². The number of carbonyl (C=O) groups is 1. The van der Waals surface area contributed by atoms with Crippen LogP contribution in [0.5, 0.6) is 0 Å². The van der Waals surface area contributed by atoms with Crippen molar-refractivity contribution in [3.8, 4) is 0 Å². The van der Waals surface area contributed by atoms with Crippen molar-refractivity contribution in [2.45, 2.75) is 45.1 Å². The van der Waals surface area contributed by atoms with Crippen LogP contribution in [0, 0.1) is 5.82 Å². The number of halogens is 1. The van der Waals surface area contributed by atoms with Gasteiger partial charge in [-0.3, -0.25) is 9.69 Å². The van der Waals surface area contributed by atoms with Crippen LogP contribution >= 0.6 is 0 Å². The summed E-state index contributed by atoms with van der Waals surface area (Å²) < 4.78 is 13.9. The molecule has 28 heavy (non-hydrogen) atoms. The Kier molecular flexibility index (Phi) is 5.31. The molecule has 4 heteroatoms. The molecule has 1 saturated heterocycles. The number of fused-ring (bicyclic) bond motifs is 2. The van der Waals surface area contributed by atoms with E-state index in [4.69, 9.17) is 5.11 Å². The van der Waals surface area contributed by atoms with Crippen LogP contribution in [0.15, 0.2) is 48.0 Å². The largest absolute Gasteiger partial charge is 0.481 e. The molecule has 3 nitrogen and oxygen atoms in total. The van der Waals surface area contributed by atoms with Crippen LogP contribution in [0.1, 0.15) is 48.4 Å². The zero-order chi connectivity index (χ0) is 19.7. The van der Waals surface area contributed by atoms with Gasteiger partial charge in [-0.05, 0) is 72.6 Å². The summed E-state index contributed by atoms with van der Waals surface area (Å²) in [6.45, 7) is 3.73. The Labute approximate surface area is 165 Å². The molecule has 4 rings (SSSR count). The summed E-state index contributed by atoms with van der Waals surface area (Å²) in [5.74, 6) is -0.920. The molecule has 146 valence electrons. The van der Waals surface area contributed by atoms with Crippen LogP contribution in [0.2, 0.25) is 0 Å². The second-order valence-corrected chi connectivity index (χ2v) is 7.92. The van der Waals surface area contributed by atoms with Crippen LogP contribution < -0.4 is 0 Å². The first kappa shape index (κ1) is 18.9. The van der Waals surface area contributed by atoms with Gasteiger partial charge in [0.15, 0.2) is 0 Å². The first-order valence-corrected chi connectivity index (χ1v) is 10.1. The molecule has 1 unspecified atom stereocenters. The molecule has 0 spiro atoms. The van der Waals surface area contributed by atoms with Gasteiger partial charge in [-0.15, -0.1) is 0 Å². The first-order valence-electron chi connectivity index (χ1n) is 10.1. The highest BCUT2D eigenvalue weighted by Gasteiger charge is 2.26. The average molecular weight is 379 g/mol. The number of rotatable bonds is 3. The van der Waals surface area contributed by atoms with E-state index in [1.165, 1.54) is 22.3 Å². The molecule has 1 fully saturated rings. The molecule has 2 aromatic rings. The molecule has 1 N–H and O–H groups in total. The Bertz CT molecular complexity index is 924. The maximum absolute atomic E-state index is 13.9. The number of piperidine rings is 1. The fraction of sp³-hybridized carbons (Fsp3) is 0.375. The fourth-order valence-corrected chi connectivity index (χ4v) is 4.66. The molecule has 0 aromatic heterocycles. The number of carboxylic acid groups (broad SMARTS) is 1. The van der Waals surface area contributed by atoms with Gasteiger partial charge in [-0.25, -0.2) is 4.39 Å². The van der Waals surface area contributed by atoms with Crippen LogP contribution in [0.4, 0.5) is 4.39 Å². The van der Waals surface area contributed by atoms with E-state index in [0.29, 0.717) is 0 Å². The van der Waals surface area contributed by atoms with Crippen molar-refractivity contribution in [3.05, 3.63) is 76.1 Å². The molecule has 0 bridgehead atoms. The summed E-state index contributed by atoms with van der Waals surface area (Å²) in [5.41, 5.74) is 7.52. The molecule has 2 aromatic carbocycles. The predicted molar refractivity (Wildman–Crippen MR) is 109 cm³/mol. The van der Waals surface area contributed by atoms with E-state index in [-0.39, 0.29) is 18.3 Å². The minimum atomic E-state index is -0.745. The molecule has 1 heterocycles. The van der Waals surface area contributed by atoms with Gasteiger partial charge < -0.3 is 5.11 Å². The van der Waals surface area contributed by atoms with Gasteiger partial charge in [-0.2, -0.15) is 0 Å². The smallest absolute Gasteiger partial charge is 0.304 e. The van der Waals surface area contributed by atoms with Crippen LogP contribution in [0.25, 0.3) is 5.57 Å². The highest BCUT2D eigenvalue weighted by molar-refractivity contribution is 5.86. The fourth-order valence-electron chi connectivity index (χ4n) is 4.66. The standard InChI is InChI=1S/C24H26FNO2/c1-16(14-23(27)28)26-12-10-18(11-13-26)24-21-5-3-2-4-17(21)6-7-19-15-20(25)8-9-22(19)24/h2-5,8-9,15-16H,6-7,10-14H2,1H3,(H,27,28). The zero-order valence-electron chi connectivity index (χ0n) is 16.2. The van der Waals surface area contributed by atoms with E-state index in [2.05, 4.69) is 29.2 Å². The molecular formula is C24H26FNO2. The minimum Gasteiger partial charge on any atom is -0.481 e. The van der Waals surface area contributed by atoms with Crippen LogP contribution in [-0.2, 0) is 17.6 Å². The number of nitrogens with zero attached hydrogens (tertiary/aromatic N) is 1. The maximum Gasteiger partial charge on any atom is 0.304 e. The molecular weight excluding hydrogens is 353 g/mol. The van der Waals surface area contributed by atoms with Gasteiger partial charge >= 0.3 is 5.97 Å². The van der Waals surface area contributed by atoms with Crippen molar-refractivity contribution >= 4 is 11.5 Å². The van der Waals surface area contributed by atoms with Crippen molar-refractivity contribution in [2.75, 3.05) is 13.1 Å². The summed E-state index contributed by atoms with van der Waals surface area (Å²) in [6.07, 6.45) is 3.79. The summed E-state index contributed by atoms with van der Waals surface area (Å²) in [4.78, 5) is 13.3. The summed E-state index contributed by atoms with van der Waals surface area (Å²) in [7, 11) is 0. The van der Waals surface area contributed by atoms with Crippen molar-refractivity contribution in [2.24, 2.45) is 0 Å². The third kappa shape index (κ3) is 3.74. The Morgan fingerprint density at radius 3 is 2.46 bits per heavy atom. The van der Waals surface area contributed by atoms with E-state index in [1.54, 1.807) is 12.1 Å². The summed E-state index contributed by atoms with van der Waals surface area (Å²) in [6, 6.07) is 13.8. The van der Waals surface area contributed by atoms with Crippen molar-refractivity contribution in [1.82, 2.24) is 4.90 Å². The lowest BCUT2D eigenvalue weighted by Gasteiger charge is -2.34. The van der Waals surface area contributed by atoms with Crippen molar-refractivity contribution < 1.29 is 14.3 Å². The van der Waals surface area contributed by atoms with Crippen LogP contribution in [0.3, 0.4) is 0 Å². The second kappa shape index (κ2) is 7.88. The SMILES string of the molecule is CC(CC(=O)O)N1CCC(=C2c3ccccc3CCc3cc(F)ccc32)CC1. The van der Waals surface area contributed by atoms with Gasteiger partial charge in [0, 0.05) is 19.1 Å². The maximum atomic E-state index is 13.9. The Morgan fingerprint density at radius 2 is 1.71 bits per heavy atom. The summed E-state index contributed by atoms with van der Waals surface area (Å²) >= 11 is 0. The lowest BCUT2D eigenvalue weighted by Crippen LogP contribution is -2.39. The van der Waals surface area contributed by atoms with E-state index in [0.717, 1.165) is 49.9 Å².